The fraction of sp³-hybridized carbons (Fsp3) is 0.944. The van der Waals surface area contributed by atoms with E-state index < -0.39 is 0 Å². The standard InChI is InChI=1S/C18H30N2O.ClH/c1-16-6-13-7-17(2,10-16)12-18(8-13,11-16)15(21)20-5-3-4-14(19)9-20;/h13-14H,3-12,19H2,1-2H3;1H. The van der Waals surface area contributed by atoms with Gasteiger partial charge in [-0.25, -0.2) is 0 Å². The molecule has 3 atom stereocenters. The smallest absolute Gasteiger partial charge is 0.228 e. The van der Waals surface area contributed by atoms with Crippen LogP contribution in [0.25, 0.3) is 0 Å². The Bertz CT molecular complexity index is 462. The average molecular weight is 327 g/mol. The van der Waals surface area contributed by atoms with Crippen molar-refractivity contribution in [1.29, 1.82) is 0 Å². The van der Waals surface area contributed by atoms with Gasteiger partial charge in [0.25, 0.3) is 0 Å². The summed E-state index contributed by atoms with van der Waals surface area (Å²) < 4.78 is 0. The summed E-state index contributed by atoms with van der Waals surface area (Å²) in [5.74, 6) is 1.25. The van der Waals surface area contributed by atoms with Crippen molar-refractivity contribution < 1.29 is 4.79 Å². The van der Waals surface area contributed by atoms with Crippen molar-refractivity contribution in [3.05, 3.63) is 0 Å². The highest BCUT2D eigenvalue weighted by atomic mass is 35.5. The predicted octanol–water partition coefficient (Wildman–Crippen LogP) is 3.35. The second kappa shape index (κ2) is 5.11. The summed E-state index contributed by atoms with van der Waals surface area (Å²) >= 11 is 0. The number of hydrogen-bond acceptors (Lipinski definition) is 2. The number of carbonyl (C=O) groups excluding carboxylic acids is 1. The Balaban J connectivity index is 0.00000144. The zero-order chi connectivity index (χ0) is 14.9. The third kappa shape index (κ3) is 2.49. The Hall–Kier alpha value is -0.280. The normalized spacial score (nSPS) is 49.9. The van der Waals surface area contributed by atoms with Crippen LogP contribution in [0.2, 0.25) is 0 Å². The van der Waals surface area contributed by atoms with Crippen LogP contribution in [-0.4, -0.2) is 29.9 Å². The van der Waals surface area contributed by atoms with E-state index in [2.05, 4.69) is 18.7 Å². The summed E-state index contributed by atoms with van der Waals surface area (Å²) in [6.45, 7) is 6.62. The Labute approximate surface area is 140 Å². The fourth-order valence-electron chi connectivity index (χ4n) is 7.22. The van der Waals surface area contributed by atoms with Gasteiger partial charge in [-0.3, -0.25) is 4.79 Å². The maximum absolute atomic E-state index is 13.4. The third-order valence-electron chi connectivity index (χ3n) is 6.82. The van der Waals surface area contributed by atoms with Crippen LogP contribution >= 0.6 is 12.4 Å². The molecule has 0 aromatic carbocycles. The van der Waals surface area contributed by atoms with E-state index in [-0.39, 0.29) is 23.9 Å². The quantitative estimate of drug-likeness (QED) is 0.803. The van der Waals surface area contributed by atoms with E-state index in [1.54, 1.807) is 0 Å². The van der Waals surface area contributed by atoms with Crippen LogP contribution in [0.5, 0.6) is 0 Å². The van der Waals surface area contributed by atoms with Gasteiger partial charge in [-0.1, -0.05) is 13.8 Å². The van der Waals surface area contributed by atoms with Gasteiger partial charge in [-0.15, -0.1) is 12.4 Å². The van der Waals surface area contributed by atoms with E-state index in [4.69, 9.17) is 5.73 Å². The monoisotopic (exact) mass is 326 g/mol. The van der Waals surface area contributed by atoms with Crippen molar-refractivity contribution in [1.82, 2.24) is 4.90 Å². The lowest BCUT2D eigenvalue weighted by atomic mass is 9.40. The molecule has 4 saturated carbocycles. The molecule has 126 valence electrons. The number of nitrogens with zero attached hydrogens (tertiary/aromatic N) is 1. The average Bonchev–Trinajstić information content (AvgIpc) is 2.33. The number of likely N-dealkylation sites (tertiary alicyclic amines) is 1. The molecule has 1 aliphatic heterocycles. The van der Waals surface area contributed by atoms with Gasteiger partial charge in [-0.05, 0) is 68.1 Å². The van der Waals surface area contributed by atoms with Crippen LogP contribution in [0.1, 0.15) is 65.2 Å². The van der Waals surface area contributed by atoms with Crippen molar-refractivity contribution in [2.45, 2.75) is 71.3 Å². The van der Waals surface area contributed by atoms with E-state index in [0.717, 1.165) is 51.1 Å². The largest absolute Gasteiger partial charge is 0.341 e. The molecule has 4 bridgehead atoms. The van der Waals surface area contributed by atoms with Gasteiger partial charge in [0.1, 0.15) is 0 Å². The summed E-state index contributed by atoms with van der Waals surface area (Å²) in [6.07, 6.45) is 9.64. The van der Waals surface area contributed by atoms with E-state index in [1.807, 2.05) is 0 Å². The Morgan fingerprint density at radius 2 is 1.73 bits per heavy atom. The van der Waals surface area contributed by atoms with Gasteiger partial charge in [0, 0.05) is 19.1 Å². The fourth-order valence-corrected chi connectivity index (χ4v) is 7.22. The topological polar surface area (TPSA) is 46.3 Å². The van der Waals surface area contributed by atoms with E-state index in [0.29, 0.717) is 16.7 Å². The lowest BCUT2D eigenvalue weighted by Crippen LogP contribution is -2.61. The molecule has 3 unspecified atom stereocenters. The van der Waals surface area contributed by atoms with Gasteiger partial charge in [0.05, 0.1) is 5.41 Å². The molecule has 22 heavy (non-hydrogen) atoms. The molecule has 0 aromatic heterocycles. The first-order valence-electron chi connectivity index (χ1n) is 8.87. The first-order valence-corrected chi connectivity index (χ1v) is 8.87. The maximum atomic E-state index is 13.4. The van der Waals surface area contributed by atoms with Crippen LogP contribution in [0.4, 0.5) is 0 Å². The number of rotatable bonds is 1. The molecule has 1 amide bonds. The Morgan fingerprint density at radius 3 is 2.27 bits per heavy atom. The summed E-state index contributed by atoms with van der Waals surface area (Å²) in [4.78, 5) is 15.5. The molecule has 5 aliphatic rings. The van der Waals surface area contributed by atoms with Gasteiger partial charge in [0.15, 0.2) is 0 Å². The Morgan fingerprint density at radius 1 is 1.09 bits per heavy atom. The minimum absolute atomic E-state index is 0. The van der Waals surface area contributed by atoms with Crippen molar-refractivity contribution in [2.75, 3.05) is 13.1 Å². The van der Waals surface area contributed by atoms with E-state index >= 15 is 0 Å². The lowest BCUT2D eigenvalue weighted by Gasteiger charge is -2.65. The van der Waals surface area contributed by atoms with Crippen LogP contribution in [-0.2, 0) is 4.79 Å². The molecule has 0 aromatic rings. The van der Waals surface area contributed by atoms with Crippen molar-refractivity contribution in [2.24, 2.45) is 27.9 Å². The molecule has 1 heterocycles. The second-order valence-corrected chi connectivity index (χ2v) is 9.56. The second-order valence-electron chi connectivity index (χ2n) is 9.56. The highest BCUT2D eigenvalue weighted by Gasteiger charge is 2.63. The number of piperidine rings is 1. The summed E-state index contributed by atoms with van der Waals surface area (Å²) in [6, 6.07) is 0.197. The van der Waals surface area contributed by atoms with Crippen LogP contribution < -0.4 is 5.73 Å². The molecule has 5 fully saturated rings. The first kappa shape index (κ1) is 16.6. The third-order valence-corrected chi connectivity index (χ3v) is 6.82. The van der Waals surface area contributed by atoms with E-state index in [9.17, 15) is 4.79 Å². The van der Waals surface area contributed by atoms with Gasteiger partial charge >= 0.3 is 0 Å². The number of hydrogen-bond donors (Lipinski definition) is 1. The van der Waals surface area contributed by atoms with Gasteiger partial charge in [0.2, 0.25) is 5.91 Å². The van der Waals surface area contributed by atoms with Gasteiger partial charge in [-0.2, -0.15) is 0 Å². The predicted molar refractivity (Wildman–Crippen MR) is 90.9 cm³/mol. The molecule has 4 aliphatic carbocycles. The van der Waals surface area contributed by atoms with Crippen LogP contribution in [0.3, 0.4) is 0 Å². The summed E-state index contributed by atoms with van der Waals surface area (Å²) in [5, 5.41) is 0. The summed E-state index contributed by atoms with van der Waals surface area (Å²) in [5.41, 5.74) is 6.91. The Kier molecular flexibility index (Phi) is 3.85. The maximum Gasteiger partial charge on any atom is 0.228 e. The van der Waals surface area contributed by atoms with Crippen LogP contribution in [0.15, 0.2) is 0 Å². The number of carbonyl (C=O) groups is 1. The van der Waals surface area contributed by atoms with Crippen molar-refractivity contribution in [3.8, 4) is 0 Å². The molecular weight excluding hydrogens is 296 g/mol. The van der Waals surface area contributed by atoms with Crippen LogP contribution in [0, 0.1) is 22.2 Å². The first-order chi connectivity index (χ1) is 9.82. The molecule has 0 spiro atoms. The summed E-state index contributed by atoms with van der Waals surface area (Å²) in [7, 11) is 0. The zero-order valence-corrected chi connectivity index (χ0v) is 14.9. The highest BCUT2D eigenvalue weighted by molar-refractivity contribution is 5.85. The molecule has 0 radical (unpaired) electrons. The molecule has 1 saturated heterocycles. The number of nitrogens with two attached hydrogens (primary N) is 1. The minimum Gasteiger partial charge on any atom is -0.341 e. The molecular formula is C18H31ClN2O. The minimum atomic E-state index is -0.0417. The molecule has 3 nitrogen and oxygen atoms in total. The number of amides is 1. The SMILES string of the molecule is CC12CC3CC(C)(C1)CC(C(=O)N1CCCC(N)C1)(C3)C2.Cl. The molecule has 4 heteroatoms. The van der Waals surface area contributed by atoms with Gasteiger partial charge < -0.3 is 10.6 Å². The number of halogens is 1. The lowest BCUT2D eigenvalue weighted by molar-refractivity contribution is -0.180. The highest BCUT2D eigenvalue weighted by Crippen LogP contribution is 2.69. The zero-order valence-electron chi connectivity index (χ0n) is 14.1. The van der Waals surface area contributed by atoms with Crippen molar-refractivity contribution >= 4 is 18.3 Å². The van der Waals surface area contributed by atoms with E-state index in [1.165, 1.54) is 19.3 Å². The van der Waals surface area contributed by atoms with Crippen molar-refractivity contribution in [3.63, 3.8) is 0 Å². The molecule has 5 rings (SSSR count). The molecule has 2 N–H and O–H groups in total.